The van der Waals surface area contributed by atoms with Gasteiger partial charge in [0.2, 0.25) is 0 Å². The van der Waals surface area contributed by atoms with Crippen molar-refractivity contribution >= 4 is 22.8 Å². The van der Waals surface area contributed by atoms with Gasteiger partial charge in [0.25, 0.3) is 0 Å². The summed E-state index contributed by atoms with van der Waals surface area (Å²) in [6.07, 6.45) is 6.69. The number of hydrogen-bond donors (Lipinski definition) is 1. The highest BCUT2D eigenvalue weighted by molar-refractivity contribution is 5.92. The summed E-state index contributed by atoms with van der Waals surface area (Å²) in [7, 11) is 1.88. The summed E-state index contributed by atoms with van der Waals surface area (Å²) >= 11 is 0. The molecule has 1 aliphatic heterocycles. The van der Waals surface area contributed by atoms with E-state index in [2.05, 4.69) is 22.3 Å². The first kappa shape index (κ1) is 15.4. The van der Waals surface area contributed by atoms with Crippen LogP contribution in [0, 0.1) is 18.3 Å². The molecule has 1 aliphatic carbocycles. The highest BCUT2D eigenvalue weighted by Gasteiger charge is 2.43. The van der Waals surface area contributed by atoms with Crippen molar-refractivity contribution in [2.45, 2.75) is 39.5 Å². The van der Waals surface area contributed by atoms with E-state index in [0.29, 0.717) is 5.41 Å². The zero-order valence-electron chi connectivity index (χ0n) is 14.7. The third-order valence-electron chi connectivity index (χ3n) is 5.87. The first-order valence-corrected chi connectivity index (χ1v) is 8.81. The molecule has 0 atom stereocenters. The number of anilines is 1. The molecule has 128 valence electrons. The van der Waals surface area contributed by atoms with Crippen LogP contribution in [0.4, 0.5) is 10.5 Å². The molecule has 2 amide bonds. The molecule has 4 rings (SSSR count). The van der Waals surface area contributed by atoms with Crippen molar-refractivity contribution in [1.82, 2.24) is 19.7 Å². The summed E-state index contributed by atoms with van der Waals surface area (Å²) in [5, 5.41) is 8.35. The van der Waals surface area contributed by atoms with Crippen molar-refractivity contribution < 1.29 is 4.79 Å². The number of nitrogens with one attached hydrogen (secondary N) is 1. The van der Waals surface area contributed by atoms with E-state index in [1.807, 2.05) is 24.9 Å². The number of pyridine rings is 1. The molecular weight excluding hydrogens is 302 g/mol. The Morgan fingerprint density at radius 2 is 2.04 bits per heavy atom. The number of urea groups is 1. The highest BCUT2D eigenvalue weighted by Crippen LogP contribution is 2.51. The van der Waals surface area contributed by atoms with Gasteiger partial charge in [0, 0.05) is 25.5 Å². The molecule has 0 aromatic carbocycles. The molecule has 0 spiro atoms. The van der Waals surface area contributed by atoms with Gasteiger partial charge >= 0.3 is 6.03 Å². The monoisotopic (exact) mass is 327 g/mol. The van der Waals surface area contributed by atoms with Crippen LogP contribution in [0.1, 0.15) is 38.3 Å². The number of nitrogens with zero attached hydrogens (tertiary/aromatic N) is 4. The number of likely N-dealkylation sites (tertiary alicyclic amines) is 1. The van der Waals surface area contributed by atoms with Crippen molar-refractivity contribution in [2.24, 2.45) is 18.4 Å². The molecule has 1 saturated heterocycles. The van der Waals surface area contributed by atoms with E-state index in [9.17, 15) is 4.79 Å². The van der Waals surface area contributed by atoms with Gasteiger partial charge in [0.15, 0.2) is 5.65 Å². The van der Waals surface area contributed by atoms with Crippen molar-refractivity contribution in [3.63, 3.8) is 0 Å². The topological polar surface area (TPSA) is 63.1 Å². The second-order valence-corrected chi connectivity index (χ2v) is 7.65. The Bertz CT molecular complexity index is 784. The van der Waals surface area contributed by atoms with Gasteiger partial charge in [-0.05, 0) is 50.0 Å². The summed E-state index contributed by atoms with van der Waals surface area (Å²) < 4.78 is 1.76. The summed E-state index contributed by atoms with van der Waals surface area (Å²) in [6, 6.07) is 1.94. The predicted molar refractivity (Wildman–Crippen MR) is 93.9 cm³/mol. The molecule has 2 aliphatic rings. The van der Waals surface area contributed by atoms with Crippen LogP contribution in [-0.2, 0) is 7.05 Å². The average molecular weight is 327 g/mol. The van der Waals surface area contributed by atoms with Gasteiger partial charge in [-0.3, -0.25) is 4.68 Å². The van der Waals surface area contributed by atoms with E-state index in [4.69, 9.17) is 0 Å². The molecule has 6 nitrogen and oxygen atoms in total. The van der Waals surface area contributed by atoms with Crippen LogP contribution in [0.25, 0.3) is 11.0 Å². The lowest BCUT2D eigenvalue weighted by Gasteiger charge is -2.39. The Balaban J connectivity index is 1.43. The molecule has 2 aromatic rings. The fourth-order valence-corrected chi connectivity index (χ4v) is 3.99. The first-order valence-electron chi connectivity index (χ1n) is 8.81. The minimum Gasteiger partial charge on any atom is -0.324 e. The van der Waals surface area contributed by atoms with Gasteiger partial charge in [-0.2, -0.15) is 5.10 Å². The number of carbonyl (C=O) groups is 1. The molecule has 2 fully saturated rings. The van der Waals surface area contributed by atoms with E-state index in [1.54, 1.807) is 10.9 Å². The van der Waals surface area contributed by atoms with Crippen LogP contribution >= 0.6 is 0 Å². The number of aryl methyl sites for hydroxylation is 2. The van der Waals surface area contributed by atoms with Crippen LogP contribution < -0.4 is 5.32 Å². The molecule has 24 heavy (non-hydrogen) atoms. The minimum absolute atomic E-state index is 0.0180. The molecule has 0 radical (unpaired) electrons. The van der Waals surface area contributed by atoms with Gasteiger partial charge in [-0.1, -0.05) is 6.92 Å². The standard InChI is InChI=1S/C18H25N5O/c1-12-15-10-14(11-19-16(15)22(3)21-12)20-17(24)23-8-6-18(2,7-9-23)13-4-5-13/h10-11,13H,4-9H2,1-3H3,(H,20,24). The molecule has 3 heterocycles. The lowest BCUT2D eigenvalue weighted by Crippen LogP contribution is -2.44. The Morgan fingerprint density at radius 3 is 2.71 bits per heavy atom. The molecule has 0 unspecified atom stereocenters. The number of fused-ring (bicyclic) bond motifs is 1. The maximum Gasteiger partial charge on any atom is 0.321 e. The second kappa shape index (κ2) is 5.46. The van der Waals surface area contributed by atoms with Crippen molar-refractivity contribution in [3.8, 4) is 0 Å². The Morgan fingerprint density at radius 1 is 1.33 bits per heavy atom. The third kappa shape index (κ3) is 2.64. The van der Waals surface area contributed by atoms with Crippen LogP contribution in [0.15, 0.2) is 12.3 Å². The summed E-state index contributed by atoms with van der Waals surface area (Å²) in [5.41, 5.74) is 2.95. The molecule has 6 heteroatoms. The smallest absolute Gasteiger partial charge is 0.321 e. The van der Waals surface area contributed by atoms with E-state index in [0.717, 1.165) is 54.3 Å². The summed E-state index contributed by atoms with van der Waals surface area (Å²) in [5.74, 6) is 0.892. The van der Waals surface area contributed by atoms with Crippen LogP contribution in [0.5, 0.6) is 0 Å². The predicted octanol–water partition coefficient (Wildman–Crippen LogP) is 3.32. The number of rotatable bonds is 2. The molecule has 1 N–H and O–H groups in total. The van der Waals surface area contributed by atoms with E-state index in [1.165, 1.54) is 12.8 Å². The van der Waals surface area contributed by atoms with Gasteiger partial charge in [-0.15, -0.1) is 0 Å². The van der Waals surface area contributed by atoms with Crippen LogP contribution in [0.2, 0.25) is 0 Å². The van der Waals surface area contributed by atoms with Crippen molar-refractivity contribution in [3.05, 3.63) is 18.0 Å². The quantitative estimate of drug-likeness (QED) is 0.920. The molecular formula is C18H25N5O. The van der Waals surface area contributed by atoms with Gasteiger partial charge < -0.3 is 10.2 Å². The lowest BCUT2D eigenvalue weighted by molar-refractivity contribution is 0.118. The maximum absolute atomic E-state index is 12.6. The van der Waals surface area contributed by atoms with Crippen molar-refractivity contribution in [1.29, 1.82) is 0 Å². The molecule has 2 aromatic heterocycles. The number of aromatic nitrogens is 3. The van der Waals surface area contributed by atoms with Crippen molar-refractivity contribution in [2.75, 3.05) is 18.4 Å². The molecule has 0 bridgehead atoms. The fourth-order valence-electron chi connectivity index (χ4n) is 3.99. The van der Waals surface area contributed by atoms with E-state index in [-0.39, 0.29) is 6.03 Å². The Hall–Kier alpha value is -2.11. The van der Waals surface area contributed by atoms with E-state index >= 15 is 0 Å². The van der Waals surface area contributed by atoms with E-state index < -0.39 is 0 Å². The molecule has 1 saturated carbocycles. The van der Waals surface area contributed by atoms with Crippen LogP contribution in [0.3, 0.4) is 0 Å². The summed E-state index contributed by atoms with van der Waals surface area (Å²) in [4.78, 5) is 18.9. The second-order valence-electron chi connectivity index (χ2n) is 7.65. The van der Waals surface area contributed by atoms with Gasteiger partial charge in [-0.25, -0.2) is 9.78 Å². The zero-order chi connectivity index (χ0) is 16.9. The Labute approximate surface area is 142 Å². The van der Waals surface area contributed by atoms with Gasteiger partial charge in [0.05, 0.1) is 17.6 Å². The largest absolute Gasteiger partial charge is 0.324 e. The SMILES string of the molecule is Cc1nn(C)c2ncc(NC(=O)N3CCC(C)(C4CC4)CC3)cc12. The number of hydrogen-bond acceptors (Lipinski definition) is 3. The number of amides is 2. The third-order valence-corrected chi connectivity index (χ3v) is 5.87. The minimum atomic E-state index is -0.0180. The zero-order valence-corrected chi connectivity index (χ0v) is 14.7. The average Bonchev–Trinajstić information content (AvgIpc) is 3.37. The Kier molecular flexibility index (Phi) is 3.51. The number of piperidine rings is 1. The maximum atomic E-state index is 12.6. The van der Waals surface area contributed by atoms with Crippen LogP contribution in [-0.4, -0.2) is 38.8 Å². The summed E-state index contributed by atoms with van der Waals surface area (Å²) in [6.45, 7) is 6.04. The number of carbonyl (C=O) groups excluding carboxylic acids is 1. The lowest BCUT2D eigenvalue weighted by atomic mass is 9.76. The van der Waals surface area contributed by atoms with Gasteiger partial charge in [0.1, 0.15) is 0 Å². The highest BCUT2D eigenvalue weighted by atomic mass is 16.2. The normalized spacial score (nSPS) is 20.4. The fraction of sp³-hybridized carbons (Fsp3) is 0.611. The first-order chi connectivity index (χ1) is 11.5.